The summed E-state index contributed by atoms with van der Waals surface area (Å²) in [6, 6.07) is 21.5. The second-order valence-electron chi connectivity index (χ2n) is 5.46. The lowest BCUT2D eigenvalue weighted by atomic mass is 9.98. The van der Waals surface area contributed by atoms with E-state index in [0.29, 0.717) is 0 Å². The summed E-state index contributed by atoms with van der Waals surface area (Å²) < 4.78 is 5.46. The third-order valence-corrected chi connectivity index (χ3v) is 4.00. The van der Waals surface area contributed by atoms with E-state index in [-0.39, 0.29) is 0 Å². The first-order chi connectivity index (χ1) is 10.3. The molecule has 0 unspecified atom stereocenters. The molecule has 1 nitrogen and oxygen atoms in total. The van der Waals surface area contributed by atoms with Gasteiger partial charge >= 0.3 is 0 Å². The molecular weight excluding hydrogens is 256 g/mol. The summed E-state index contributed by atoms with van der Waals surface area (Å²) in [6.07, 6.45) is 2.12. The van der Waals surface area contributed by atoms with Crippen LogP contribution in [-0.2, 0) is 12.8 Å². The number of benzene rings is 3. The molecule has 21 heavy (non-hydrogen) atoms. The van der Waals surface area contributed by atoms with Gasteiger partial charge in [0.05, 0.1) is 7.11 Å². The normalized spacial score (nSPS) is 10.8. The van der Waals surface area contributed by atoms with Crippen LogP contribution < -0.4 is 4.74 Å². The molecule has 0 atom stereocenters. The Kier molecular flexibility index (Phi) is 3.92. The van der Waals surface area contributed by atoms with Crippen molar-refractivity contribution >= 4 is 10.8 Å². The zero-order valence-corrected chi connectivity index (χ0v) is 12.6. The van der Waals surface area contributed by atoms with Crippen LogP contribution in [0.4, 0.5) is 0 Å². The van der Waals surface area contributed by atoms with Gasteiger partial charge in [-0.2, -0.15) is 0 Å². The summed E-state index contributed by atoms with van der Waals surface area (Å²) in [6.45, 7) is 2.13. The van der Waals surface area contributed by atoms with Crippen LogP contribution in [0.1, 0.15) is 16.7 Å². The van der Waals surface area contributed by atoms with Crippen molar-refractivity contribution in [2.75, 3.05) is 7.11 Å². The Labute approximate surface area is 126 Å². The molecule has 1 heteroatoms. The maximum atomic E-state index is 5.46. The van der Waals surface area contributed by atoms with Crippen LogP contribution in [0.3, 0.4) is 0 Å². The fourth-order valence-electron chi connectivity index (χ4n) is 2.76. The highest BCUT2D eigenvalue weighted by Crippen LogP contribution is 2.29. The Hall–Kier alpha value is -2.28. The third-order valence-electron chi connectivity index (χ3n) is 4.00. The molecular formula is C20H20O. The molecule has 3 aromatic rings. The first kappa shape index (κ1) is 13.7. The van der Waals surface area contributed by atoms with Crippen molar-refractivity contribution < 1.29 is 4.74 Å². The molecule has 0 aliphatic rings. The van der Waals surface area contributed by atoms with E-state index in [1.165, 1.54) is 27.5 Å². The molecule has 0 spiro atoms. The number of methoxy groups -OCH3 is 1. The van der Waals surface area contributed by atoms with Crippen LogP contribution in [0.25, 0.3) is 10.8 Å². The van der Waals surface area contributed by atoms with Crippen LogP contribution in [0, 0.1) is 6.92 Å². The molecule has 0 saturated heterocycles. The lowest BCUT2D eigenvalue weighted by Crippen LogP contribution is -1.94. The summed E-state index contributed by atoms with van der Waals surface area (Å²) in [5.74, 6) is 0.949. The first-order valence-corrected chi connectivity index (χ1v) is 7.38. The fourth-order valence-corrected chi connectivity index (χ4v) is 2.76. The van der Waals surface area contributed by atoms with E-state index >= 15 is 0 Å². The average Bonchev–Trinajstić information content (AvgIpc) is 2.54. The fraction of sp³-hybridized carbons (Fsp3) is 0.200. The average molecular weight is 276 g/mol. The molecule has 0 radical (unpaired) electrons. The quantitative estimate of drug-likeness (QED) is 0.655. The smallest absolute Gasteiger partial charge is 0.126 e. The standard InChI is InChI=1S/C20H20O/c1-15-7-9-16(10-8-15)11-12-17-13-14-20(21-2)19-6-4-3-5-18(17)19/h3-10,13-14H,11-12H2,1-2H3. The number of fused-ring (bicyclic) bond motifs is 1. The van der Waals surface area contributed by atoms with E-state index in [2.05, 4.69) is 67.6 Å². The Bertz CT molecular complexity index is 741. The highest BCUT2D eigenvalue weighted by molar-refractivity contribution is 5.91. The van der Waals surface area contributed by atoms with Crippen molar-refractivity contribution in [3.05, 3.63) is 77.4 Å². The summed E-state index contributed by atoms with van der Waals surface area (Å²) in [4.78, 5) is 0. The van der Waals surface area contributed by atoms with E-state index in [1.807, 2.05) is 0 Å². The van der Waals surface area contributed by atoms with Gasteiger partial charge in [-0.05, 0) is 42.3 Å². The zero-order chi connectivity index (χ0) is 14.7. The van der Waals surface area contributed by atoms with Crippen molar-refractivity contribution in [3.8, 4) is 5.75 Å². The second kappa shape index (κ2) is 6.01. The maximum Gasteiger partial charge on any atom is 0.126 e. The van der Waals surface area contributed by atoms with Crippen LogP contribution in [0.15, 0.2) is 60.7 Å². The lowest BCUT2D eigenvalue weighted by molar-refractivity contribution is 0.419. The zero-order valence-electron chi connectivity index (χ0n) is 12.6. The van der Waals surface area contributed by atoms with Crippen LogP contribution >= 0.6 is 0 Å². The number of hydrogen-bond donors (Lipinski definition) is 0. The molecule has 3 aromatic carbocycles. The Morgan fingerprint density at radius 3 is 2.19 bits per heavy atom. The molecule has 0 amide bonds. The van der Waals surface area contributed by atoms with Crippen molar-refractivity contribution in [1.29, 1.82) is 0 Å². The monoisotopic (exact) mass is 276 g/mol. The van der Waals surface area contributed by atoms with Gasteiger partial charge in [0.25, 0.3) is 0 Å². The van der Waals surface area contributed by atoms with Gasteiger partial charge < -0.3 is 4.74 Å². The van der Waals surface area contributed by atoms with Gasteiger partial charge in [-0.25, -0.2) is 0 Å². The van der Waals surface area contributed by atoms with E-state index in [4.69, 9.17) is 4.74 Å². The maximum absolute atomic E-state index is 5.46. The van der Waals surface area contributed by atoms with Crippen molar-refractivity contribution in [3.63, 3.8) is 0 Å². The summed E-state index contributed by atoms with van der Waals surface area (Å²) in [5, 5.41) is 2.49. The minimum absolute atomic E-state index is 0.949. The topological polar surface area (TPSA) is 9.23 Å². The minimum atomic E-state index is 0.949. The van der Waals surface area contributed by atoms with Gasteiger partial charge in [0.2, 0.25) is 0 Å². The molecule has 0 aliphatic heterocycles. The first-order valence-electron chi connectivity index (χ1n) is 7.38. The van der Waals surface area contributed by atoms with Crippen molar-refractivity contribution in [1.82, 2.24) is 0 Å². The number of rotatable bonds is 4. The van der Waals surface area contributed by atoms with E-state index < -0.39 is 0 Å². The predicted molar refractivity (Wildman–Crippen MR) is 89.1 cm³/mol. The van der Waals surface area contributed by atoms with Gasteiger partial charge in [0.15, 0.2) is 0 Å². The SMILES string of the molecule is COc1ccc(CCc2ccc(C)cc2)c2ccccc12. The van der Waals surface area contributed by atoms with E-state index in [1.54, 1.807) is 7.11 Å². The molecule has 0 aliphatic carbocycles. The minimum Gasteiger partial charge on any atom is -0.496 e. The van der Waals surface area contributed by atoms with E-state index in [9.17, 15) is 0 Å². The van der Waals surface area contributed by atoms with Crippen LogP contribution in [0.5, 0.6) is 5.75 Å². The number of ether oxygens (including phenoxy) is 1. The Morgan fingerprint density at radius 2 is 1.48 bits per heavy atom. The third kappa shape index (κ3) is 2.92. The summed E-state index contributed by atoms with van der Waals surface area (Å²) in [7, 11) is 1.73. The Balaban J connectivity index is 1.89. The second-order valence-corrected chi connectivity index (χ2v) is 5.46. The lowest BCUT2D eigenvalue weighted by Gasteiger charge is -2.10. The summed E-state index contributed by atoms with van der Waals surface area (Å²) >= 11 is 0. The molecule has 0 fully saturated rings. The largest absolute Gasteiger partial charge is 0.496 e. The number of hydrogen-bond acceptors (Lipinski definition) is 1. The molecule has 3 rings (SSSR count). The number of aryl methyl sites for hydroxylation is 3. The molecule has 0 saturated carbocycles. The van der Waals surface area contributed by atoms with Crippen LogP contribution in [0.2, 0.25) is 0 Å². The van der Waals surface area contributed by atoms with Gasteiger partial charge in [-0.3, -0.25) is 0 Å². The van der Waals surface area contributed by atoms with Crippen molar-refractivity contribution in [2.24, 2.45) is 0 Å². The predicted octanol–water partition coefficient (Wildman–Crippen LogP) is 4.94. The molecule has 0 bridgehead atoms. The highest BCUT2D eigenvalue weighted by Gasteiger charge is 2.06. The van der Waals surface area contributed by atoms with Gasteiger partial charge in [0, 0.05) is 5.39 Å². The summed E-state index contributed by atoms with van der Waals surface area (Å²) in [5.41, 5.74) is 4.08. The van der Waals surface area contributed by atoms with Gasteiger partial charge in [0.1, 0.15) is 5.75 Å². The molecule has 0 N–H and O–H groups in total. The van der Waals surface area contributed by atoms with Gasteiger partial charge in [-0.15, -0.1) is 0 Å². The molecule has 0 aromatic heterocycles. The Morgan fingerprint density at radius 1 is 0.762 bits per heavy atom. The van der Waals surface area contributed by atoms with Crippen molar-refractivity contribution in [2.45, 2.75) is 19.8 Å². The highest BCUT2D eigenvalue weighted by atomic mass is 16.5. The molecule has 0 heterocycles. The van der Waals surface area contributed by atoms with Crippen LogP contribution in [-0.4, -0.2) is 7.11 Å². The van der Waals surface area contributed by atoms with E-state index in [0.717, 1.165) is 18.6 Å². The molecule has 106 valence electrons. The van der Waals surface area contributed by atoms with Gasteiger partial charge in [-0.1, -0.05) is 60.2 Å².